The highest BCUT2D eigenvalue weighted by molar-refractivity contribution is 5.17. The van der Waals surface area contributed by atoms with Gasteiger partial charge in [0.2, 0.25) is 0 Å². The van der Waals surface area contributed by atoms with E-state index in [0.29, 0.717) is 0 Å². The van der Waals surface area contributed by atoms with E-state index in [1.807, 2.05) is 0 Å². The first-order valence-electron chi connectivity index (χ1n) is 6.37. The lowest BCUT2D eigenvalue weighted by Gasteiger charge is -2.29. The normalized spacial score (nSPS) is 17.3. The number of ether oxygens (including phenoxy) is 1. The molecule has 0 aromatic heterocycles. The molecule has 1 heterocycles. The van der Waals surface area contributed by atoms with Crippen molar-refractivity contribution >= 4 is 0 Å². The van der Waals surface area contributed by atoms with E-state index >= 15 is 0 Å². The van der Waals surface area contributed by atoms with Gasteiger partial charge in [0, 0.05) is 13.1 Å². The Labute approximate surface area is 104 Å². The van der Waals surface area contributed by atoms with E-state index in [0.717, 1.165) is 32.7 Å². The average Bonchev–Trinajstić information content (AvgIpc) is 2.35. The van der Waals surface area contributed by atoms with Crippen LogP contribution in [0.2, 0.25) is 0 Å². The van der Waals surface area contributed by atoms with E-state index in [-0.39, 0.29) is 0 Å². The van der Waals surface area contributed by atoms with E-state index in [1.54, 1.807) is 0 Å². The van der Waals surface area contributed by atoms with E-state index in [4.69, 9.17) is 4.74 Å². The van der Waals surface area contributed by atoms with Crippen LogP contribution < -0.4 is 0 Å². The van der Waals surface area contributed by atoms with Crippen LogP contribution in [0.25, 0.3) is 0 Å². The lowest BCUT2D eigenvalue weighted by Crippen LogP contribution is -2.31. The molecule has 92 valence electrons. The highest BCUT2D eigenvalue weighted by Gasteiger charge is 2.17. The summed E-state index contributed by atoms with van der Waals surface area (Å²) in [5, 5.41) is 0. The molecule has 2 nitrogen and oxygen atoms in total. The molecule has 1 aliphatic heterocycles. The standard InChI is InChI=1S/C15H21NO/c1-3-17-15-12-16(10-9-13(15)2)11-14-7-5-4-6-8-14/h4-8H,3,9-12H2,1-2H3. The monoisotopic (exact) mass is 231 g/mol. The van der Waals surface area contributed by atoms with Crippen LogP contribution in [0.1, 0.15) is 25.8 Å². The quantitative estimate of drug-likeness (QED) is 0.789. The Morgan fingerprint density at radius 1 is 1.24 bits per heavy atom. The van der Waals surface area contributed by atoms with Gasteiger partial charge in [0.15, 0.2) is 0 Å². The zero-order valence-electron chi connectivity index (χ0n) is 10.8. The summed E-state index contributed by atoms with van der Waals surface area (Å²) in [5.74, 6) is 1.18. The fourth-order valence-corrected chi connectivity index (χ4v) is 2.20. The molecular weight excluding hydrogens is 210 g/mol. The summed E-state index contributed by atoms with van der Waals surface area (Å²) >= 11 is 0. The predicted molar refractivity (Wildman–Crippen MR) is 70.7 cm³/mol. The van der Waals surface area contributed by atoms with Crippen LogP contribution in [-0.4, -0.2) is 24.6 Å². The van der Waals surface area contributed by atoms with Crippen molar-refractivity contribution in [1.29, 1.82) is 0 Å². The first kappa shape index (κ1) is 12.2. The second-order valence-corrected chi connectivity index (χ2v) is 4.58. The van der Waals surface area contributed by atoms with E-state index < -0.39 is 0 Å². The van der Waals surface area contributed by atoms with Crippen molar-refractivity contribution in [1.82, 2.24) is 4.90 Å². The largest absolute Gasteiger partial charge is 0.497 e. The Balaban J connectivity index is 1.97. The second-order valence-electron chi connectivity index (χ2n) is 4.58. The van der Waals surface area contributed by atoms with E-state index in [9.17, 15) is 0 Å². The van der Waals surface area contributed by atoms with Gasteiger partial charge in [0.25, 0.3) is 0 Å². The van der Waals surface area contributed by atoms with Crippen molar-refractivity contribution in [3.8, 4) is 0 Å². The summed E-state index contributed by atoms with van der Waals surface area (Å²) in [6.07, 6.45) is 1.13. The zero-order valence-corrected chi connectivity index (χ0v) is 10.8. The molecule has 0 aliphatic carbocycles. The molecule has 0 atom stereocenters. The maximum atomic E-state index is 5.70. The summed E-state index contributed by atoms with van der Waals surface area (Å²) in [5.41, 5.74) is 2.79. The van der Waals surface area contributed by atoms with Crippen LogP contribution in [0, 0.1) is 0 Å². The third-order valence-electron chi connectivity index (χ3n) is 3.21. The van der Waals surface area contributed by atoms with Gasteiger partial charge in [0.1, 0.15) is 5.76 Å². The molecule has 1 aliphatic rings. The Kier molecular flexibility index (Phi) is 4.21. The van der Waals surface area contributed by atoms with Gasteiger partial charge in [-0.2, -0.15) is 0 Å². The van der Waals surface area contributed by atoms with Gasteiger partial charge in [-0.05, 0) is 31.4 Å². The third-order valence-corrected chi connectivity index (χ3v) is 3.21. The van der Waals surface area contributed by atoms with Crippen molar-refractivity contribution in [2.24, 2.45) is 0 Å². The van der Waals surface area contributed by atoms with Gasteiger partial charge in [0.05, 0.1) is 13.2 Å². The van der Waals surface area contributed by atoms with Crippen LogP contribution in [0.3, 0.4) is 0 Å². The number of hydrogen-bond donors (Lipinski definition) is 0. The van der Waals surface area contributed by atoms with Crippen LogP contribution in [0.5, 0.6) is 0 Å². The maximum absolute atomic E-state index is 5.70. The smallest absolute Gasteiger partial charge is 0.109 e. The lowest BCUT2D eigenvalue weighted by molar-refractivity contribution is 0.158. The molecule has 0 spiro atoms. The molecule has 0 saturated carbocycles. The molecular formula is C15H21NO. The van der Waals surface area contributed by atoms with Crippen molar-refractivity contribution in [2.75, 3.05) is 19.7 Å². The molecule has 1 aromatic rings. The topological polar surface area (TPSA) is 12.5 Å². The molecule has 1 aromatic carbocycles. The van der Waals surface area contributed by atoms with Gasteiger partial charge in [-0.3, -0.25) is 4.90 Å². The molecule has 0 radical (unpaired) electrons. The fourth-order valence-electron chi connectivity index (χ4n) is 2.20. The number of rotatable bonds is 4. The minimum absolute atomic E-state index is 0.770. The summed E-state index contributed by atoms with van der Waals surface area (Å²) in [4.78, 5) is 2.45. The van der Waals surface area contributed by atoms with Crippen LogP contribution in [0.15, 0.2) is 41.7 Å². The van der Waals surface area contributed by atoms with Gasteiger partial charge in [-0.1, -0.05) is 30.3 Å². The van der Waals surface area contributed by atoms with Crippen molar-refractivity contribution in [3.63, 3.8) is 0 Å². The Hall–Kier alpha value is -1.28. The molecule has 17 heavy (non-hydrogen) atoms. The Bertz CT molecular complexity index is 383. The minimum Gasteiger partial charge on any atom is -0.497 e. The zero-order chi connectivity index (χ0) is 12.1. The van der Waals surface area contributed by atoms with Crippen LogP contribution in [0.4, 0.5) is 0 Å². The number of hydrogen-bond acceptors (Lipinski definition) is 2. The van der Waals surface area contributed by atoms with Gasteiger partial charge in [-0.15, -0.1) is 0 Å². The summed E-state index contributed by atoms with van der Waals surface area (Å²) in [6, 6.07) is 10.6. The first-order valence-corrected chi connectivity index (χ1v) is 6.37. The average molecular weight is 231 g/mol. The van der Waals surface area contributed by atoms with Crippen LogP contribution >= 0.6 is 0 Å². The Morgan fingerprint density at radius 3 is 2.71 bits per heavy atom. The minimum atomic E-state index is 0.770. The SMILES string of the molecule is CCOC1=C(C)CCN(Cc2ccccc2)C1. The third kappa shape index (κ3) is 3.34. The second kappa shape index (κ2) is 5.87. The predicted octanol–water partition coefficient (Wildman–Crippen LogP) is 3.20. The highest BCUT2D eigenvalue weighted by Crippen LogP contribution is 2.20. The van der Waals surface area contributed by atoms with Crippen molar-refractivity contribution < 1.29 is 4.74 Å². The maximum Gasteiger partial charge on any atom is 0.109 e. The van der Waals surface area contributed by atoms with Gasteiger partial charge >= 0.3 is 0 Å². The van der Waals surface area contributed by atoms with E-state index in [2.05, 4.69) is 49.1 Å². The number of nitrogens with zero attached hydrogens (tertiary/aromatic N) is 1. The number of benzene rings is 1. The van der Waals surface area contributed by atoms with Gasteiger partial charge in [-0.25, -0.2) is 0 Å². The van der Waals surface area contributed by atoms with Gasteiger partial charge < -0.3 is 4.74 Å². The molecule has 0 amide bonds. The van der Waals surface area contributed by atoms with Crippen LogP contribution in [-0.2, 0) is 11.3 Å². The molecule has 0 fully saturated rings. The molecule has 0 unspecified atom stereocenters. The summed E-state index contributed by atoms with van der Waals surface area (Å²) < 4.78 is 5.70. The molecule has 2 heteroatoms. The molecule has 0 saturated heterocycles. The lowest BCUT2D eigenvalue weighted by atomic mass is 10.1. The van der Waals surface area contributed by atoms with Crippen molar-refractivity contribution in [2.45, 2.75) is 26.8 Å². The highest BCUT2D eigenvalue weighted by atomic mass is 16.5. The molecule has 0 bridgehead atoms. The first-order chi connectivity index (χ1) is 8.29. The summed E-state index contributed by atoms with van der Waals surface area (Å²) in [7, 11) is 0. The van der Waals surface area contributed by atoms with Crippen molar-refractivity contribution in [3.05, 3.63) is 47.2 Å². The molecule has 0 N–H and O–H groups in total. The molecule has 2 rings (SSSR count). The Morgan fingerprint density at radius 2 is 2.00 bits per heavy atom. The fraction of sp³-hybridized carbons (Fsp3) is 0.467. The van der Waals surface area contributed by atoms with E-state index in [1.165, 1.54) is 16.9 Å². The summed E-state index contributed by atoms with van der Waals surface area (Å²) in [6.45, 7) is 8.11.